The van der Waals surface area contributed by atoms with E-state index < -0.39 is 0 Å². The number of morpholine rings is 1. The molecule has 1 aromatic rings. The molecule has 2 rings (SSSR count). The summed E-state index contributed by atoms with van der Waals surface area (Å²) in [5.41, 5.74) is 1.10. The summed E-state index contributed by atoms with van der Waals surface area (Å²) in [6, 6.07) is 2.40. The molecule has 0 aromatic carbocycles. The van der Waals surface area contributed by atoms with Gasteiger partial charge in [-0.3, -0.25) is 9.88 Å². The molecule has 0 bridgehead atoms. The number of pyridine rings is 1. The highest BCUT2D eigenvalue weighted by Crippen LogP contribution is 2.20. The molecule has 0 spiro atoms. The Bertz CT molecular complexity index is 355. The van der Waals surface area contributed by atoms with Crippen molar-refractivity contribution in [3.63, 3.8) is 0 Å². The molecule has 1 aliphatic rings. The van der Waals surface area contributed by atoms with Crippen molar-refractivity contribution in [2.24, 2.45) is 0 Å². The van der Waals surface area contributed by atoms with Crippen molar-refractivity contribution < 1.29 is 4.74 Å². The quantitative estimate of drug-likeness (QED) is 0.922. The zero-order chi connectivity index (χ0) is 12.1. The van der Waals surface area contributed by atoms with E-state index in [0.29, 0.717) is 6.04 Å². The van der Waals surface area contributed by atoms with Crippen LogP contribution in [0.2, 0.25) is 0 Å². The molecule has 1 N–H and O–H groups in total. The molecule has 1 aliphatic heterocycles. The van der Waals surface area contributed by atoms with Crippen LogP contribution in [0.5, 0.6) is 0 Å². The molecule has 1 atom stereocenters. The third-order valence-electron chi connectivity index (χ3n) is 2.81. The van der Waals surface area contributed by atoms with Crippen molar-refractivity contribution in [1.29, 1.82) is 0 Å². The molecule has 2 heterocycles. The van der Waals surface area contributed by atoms with Crippen LogP contribution >= 0.6 is 15.9 Å². The second kappa shape index (κ2) is 6.33. The molecule has 1 unspecified atom stereocenters. The van der Waals surface area contributed by atoms with E-state index in [2.05, 4.69) is 38.1 Å². The maximum atomic E-state index is 5.34. The van der Waals surface area contributed by atoms with Crippen LogP contribution in [-0.4, -0.2) is 48.8 Å². The van der Waals surface area contributed by atoms with Crippen LogP contribution in [0.3, 0.4) is 0 Å². The third kappa shape index (κ3) is 3.94. The van der Waals surface area contributed by atoms with Crippen molar-refractivity contribution >= 4 is 21.6 Å². The largest absolute Gasteiger partial charge is 0.380 e. The molecular weight excluding hydrogens is 282 g/mol. The summed E-state index contributed by atoms with van der Waals surface area (Å²) in [6.07, 6.45) is 3.61. The van der Waals surface area contributed by atoms with Crippen LogP contribution in [0.4, 0.5) is 5.69 Å². The molecule has 17 heavy (non-hydrogen) atoms. The molecule has 0 saturated carbocycles. The average molecular weight is 300 g/mol. The molecular formula is C12H18BrN3O. The normalized spacial score (nSPS) is 18.9. The highest BCUT2D eigenvalue weighted by molar-refractivity contribution is 9.10. The zero-order valence-electron chi connectivity index (χ0n) is 10.0. The molecule has 5 heteroatoms. The minimum atomic E-state index is 0.409. The van der Waals surface area contributed by atoms with Gasteiger partial charge in [0, 0.05) is 38.1 Å². The highest BCUT2D eigenvalue weighted by Gasteiger charge is 2.13. The number of ether oxygens (including phenoxy) is 1. The SMILES string of the molecule is CC(CN1CCOCC1)Nc1ccncc1Br. The number of nitrogens with one attached hydrogen (secondary N) is 1. The van der Waals surface area contributed by atoms with Gasteiger partial charge < -0.3 is 10.1 Å². The van der Waals surface area contributed by atoms with Crippen LogP contribution < -0.4 is 5.32 Å². The summed E-state index contributed by atoms with van der Waals surface area (Å²) < 4.78 is 6.35. The van der Waals surface area contributed by atoms with E-state index in [1.165, 1.54) is 0 Å². The van der Waals surface area contributed by atoms with Crippen LogP contribution in [0.15, 0.2) is 22.9 Å². The topological polar surface area (TPSA) is 37.4 Å². The number of hydrogen-bond acceptors (Lipinski definition) is 4. The number of aromatic nitrogens is 1. The van der Waals surface area contributed by atoms with Gasteiger partial charge in [0.15, 0.2) is 0 Å². The van der Waals surface area contributed by atoms with Crippen molar-refractivity contribution in [3.05, 3.63) is 22.9 Å². The number of anilines is 1. The molecule has 0 aliphatic carbocycles. The fraction of sp³-hybridized carbons (Fsp3) is 0.583. The van der Waals surface area contributed by atoms with Gasteiger partial charge in [-0.15, -0.1) is 0 Å². The van der Waals surface area contributed by atoms with Gasteiger partial charge in [-0.1, -0.05) is 0 Å². The standard InChI is InChI=1S/C12H18BrN3O/c1-10(9-16-4-6-17-7-5-16)15-12-2-3-14-8-11(12)13/h2-3,8,10H,4-7,9H2,1H3,(H,14,15). The number of nitrogens with zero attached hydrogens (tertiary/aromatic N) is 2. The van der Waals surface area contributed by atoms with E-state index in [1.54, 1.807) is 6.20 Å². The first-order chi connectivity index (χ1) is 8.25. The van der Waals surface area contributed by atoms with Gasteiger partial charge in [-0.2, -0.15) is 0 Å². The smallest absolute Gasteiger partial charge is 0.0594 e. The van der Waals surface area contributed by atoms with Gasteiger partial charge in [0.2, 0.25) is 0 Å². The van der Waals surface area contributed by atoms with Crippen molar-refractivity contribution in [1.82, 2.24) is 9.88 Å². The lowest BCUT2D eigenvalue weighted by molar-refractivity contribution is 0.0368. The zero-order valence-corrected chi connectivity index (χ0v) is 11.6. The minimum Gasteiger partial charge on any atom is -0.380 e. The van der Waals surface area contributed by atoms with E-state index in [9.17, 15) is 0 Å². The minimum absolute atomic E-state index is 0.409. The number of rotatable bonds is 4. The van der Waals surface area contributed by atoms with E-state index in [1.807, 2.05) is 12.3 Å². The lowest BCUT2D eigenvalue weighted by atomic mass is 10.2. The third-order valence-corrected chi connectivity index (χ3v) is 3.44. The van der Waals surface area contributed by atoms with Gasteiger partial charge in [0.25, 0.3) is 0 Å². The Balaban J connectivity index is 1.84. The Morgan fingerprint density at radius 2 is 2.29 bits per heavy atom. The molecule has 0 radical (unpaired) electrons. The maximum Gasteiger partial charge on any atom is 0.0594 e. The predicted molar refractivity (Wildman–Crippen MR) is 72.3 cm³/mol. The Kier molecular flexibility index (Phi) is 4.76. The number of hydrogen-bond donors (Lipinski definition) is 1. The van der Waals surface area contributed by atoms with Gasteiger partial charge >= 0.3 is 0 Å². The maximum absolute atomic E-state index is 5.34. The van der Waals surface area contributed by atoms with Crippen LogP contribution in [0.1, 0.15) is 6.92 Å². The molecule has 1 fully saturated rings. The average Bonchev–Trinajstić information content (AvgIpc) is 2.33. The Hall–Kier alpha value is -0.650. The second-order valence-electron chi connectivity index (χ2n) is 4.31. The van der Waals surface area contributed by atoms with Gasteiger partial charge in [0.1, 0.15) is 0 Å². The van der Waals surface area contributed by atoms with E-state index in [4.69, 9.17) is 4.74 Å². The van der Waals surface area contributed by atoms with Crippen molar-refractivity contribution in [2.45, 2.75) is 13.0 Å². The van der Waals surface area contributed by atoms with Crippen molar-refractivity contribution in [2.75, 3.05) is 38.2 Å². The summed E-state index contributed by atoms with van der Waals surface area (Å²) >= 11 is 3.49. The molecule has 4 nitrogen and oxygen atoms in total. The first-order valence-electron chi connectivity index (χ1n) is 5.92. The van der Waals surface area contributed by atoms with Crippen LogP contribution in [0, 0.1) is 0 Å². The fourth-order valence-electron chi connectivity index (χ4n) is 1.97. The predicted octanol–water partition coefficient (Wildman–Crippen LogP) is 1.98. The van der Waals surface area contributed by atoms with E-state index >= 15 is 0 Å². The lowest BCUT2D eigenvalue weighted by Crippen LogP contribution is -2.42. The Morgan fingerprint density at radius 1 is 1.53 bits per heavy atom. The van der Waals surface area contributed by atoms with Crippen LogP contribution in [0.25, 0.3) is 0 Å². The monoisotopic (exact) mass is 299 g/mol. The molecule has 1 aromatic heterocycles. The summed E-state index contributed by atoms with van der Waals surface area (Å²) in [5, 5.41) is 3.49. The first-order valence-corrected chi connectivity index (χ1v) is 6.71. The number of halogens is 1. The first kappa shape index (κ1) is 12.8. The lowest BCUT2D eigenvalue weighted by Gasteiger charge is -2.29. The fourth-order valence-corrected chi connectivity index (χ4v) is 2.34. The van der Waals surface area contributed by atoms with Gasteiger partial charge in [-0.05, 0) is 28.9 Å². The van der Waals surface area contributed by atoms with Crippen LogP contribution in [-0.2, 0) is 4.74 Å². The summed E-state index contributed by atoms with van der Waals surface area (Å²) in [5.74, 6) is 0. The van der Waals surface area contributed by atoms with E-state index in [-0.39, 0.29) is 0 Å². The summed E-state index contributed by atoms with van der Waals surface area (Å²) in [7, 11) is 0. The Labute approximate surface area is 110 Å². The van der Waals surface area contributed by atoms with Gasteiger partial charge in [-0.25, -0.2) is 0 Å². The molecule has 1 saturated heterocycles. The van der Waals surface area contributed by atoms with E-state index in [0.717, 1.165) is 43.0 Å². The second-order valence-corrected chi connectivity index (χ2v) is 5.17. The molecule has 94 valence electrons. The van der Waals surface area contributed by atoms with Gasteiger partial charge in [0.05, 0.1) is 23.4 Å². The molecule has 0 amide bonds. The van der Waals surface area contributed by atoms with Crippen molar-refractivity contribution in [3.8, 4) is 0 Å². The highest BCUT2D eigenvalue weighted by atomic mass is 79.9. The Morgan fingerprint density at radius 3 is 3.00 bits per heavy atom. The summed E-state index contributed by atoms with van der Waals surface area (Å²) in [4.78, 5) is 6.48. The summed E-state index contributed by atoms with van der Waals surface area (Å²) in [6.45, 7) is 7.00.